The van der Waals surface area contributed by atoms with Gasteiger partial charge in [-0.25, -0.2) is 0 Å². The number of hydrogen-bond donors (Lipinski definition) is 1. The van der Waals surface area contributed by atoms with E-state index in [1.165, 1.54) is 12.1 Å². The molecule has 2 atom stereocenters. The van der Waals surface area contributed by atoms with Crippen molar-refractivity contribution in [2.45, 2.75) is 43.7 Å². The van der Waals surface area contributed by atoms with Crippen LogP contribution in [0.2, 0.25) is 0 Å². The molecule has 8 heteroatoms. The molecule has 1 aliphatic heterocycles. The van der Waals surface area contributed by atoms with Crippen molar-refractivity contribution in [1.82, 2.24) is 9.71 Å². The lowest BCUT2D eigenvalue weighted by molar-refractivity contribution is -0.137. The largest absolute Gasteiger partial charge is 0.598 e. The average molecular weight is 398 g/mol. The Labute approximate surface area is 159 Å². The molecule has 0 aliphatic carbocycles. The van der Waals surface area contributed by atoms with E-state index in [1.807, 2.05) is 20.8 Å². The minimum atomic E-state index is -4.42. The highest BCUT2D eigenvalue weighted by atomic mass is 32.2. The summed E-state index contributed by atoms with van der Waals surface area (Å²) in [6, 6.07) is 8.39. The van der Waals surface area contributed by atoms with E-state index >= 15 is 0 Å². The number of fused-ring (bicyclic) bond motifs is 1. The number of benzene rings is 1. The third-order valence-electron chi connectivity index (χ3n) is 4.44. The molecule has 2 heterocycles. The van der Waals surface area contributed by atoms with Gasteiger partial charge in [0.1, 0.15) is 21.7 Å². The van der Waals surface area contributed by atoms with Gasteiger partial charge >= 0.3 is 6.18 Å². The maximum Gasteiger partial charge on any atom is 0.416 e. The molecule has 0 spiro atoms. The first-order valence-electron chi connectivity index (χ1n) is 8.50. The quantitative estimate of drug-likeness (QED) is 0.788. The Bertz CT molecular complexity index is 806. The number of nitrogens with zero attached hydrogens (tertiary/aromatic N) is 1. The summed E-state index contributed by atoms with van der Waals surface area (Å²) < 4.78 is 60.0. The van der Waals surface area contributed by atoms with Crippen LogP contribution in [0.1, 0.15) is 44.0 Å². The second kappa shape index (κ2) is 7.00. The van der Waals surface area contributed by atoms with Crippen LogP contribution >= 0.6 is 0 Å². The first kappa shape index (κ1) is 20.0. The molecular formula is C19H21F3N2O2S. The molecule has 0 saturated heterocycles. The fraction of sp³-hybridized carbons (Fsp3) is 0.421. The number of alkyl halides is 3. The maximum absolute atomic E-state index is 13.0. The summed E-state index contributed by atoms with van der Waals surface area (Å²) in [6.07, 6.45) is -2.43. The number of rotatable bonds is 3. The lowest BCUT2D eigenvalue weighted by atomic mass is 9.82. The zero-order valence-electron chi connectivity index (χ0n) is 15.3. The molecule has 146 valence electrons. The van der Waals surface area contributed by atoms with Gasteiger partial charge in [-0.15, -0.1) is 4.72 Å². The van der Waals surface area contributed by atoms with Gasteiger partial charge < -0.3 is 9.29 Å². The Balaban J connectivity index is 2.12. The van der Waals surface area contributed by atoms with Crippen molar-refractivity contribution in [3.8, 4) is 5.75 Å². The molecule has 0 fully saturated rings. The van der Waals surface area contributed by atoms with E-state index in [2.05, 4.69) is 9.71 Å². The molecule has 0 bridgehead atoms. The topological polar surface area (TPSA) is 57.2 Å². The van der Waals surface area contributed by atoms with Crippen molar-refractivity contribution < 1.29 is 22.5 Å². The van der Waals surface area contributed by atoms with Gasteiger partial charge in [0, 0.05) is 24.0 Å². The van der Waals surface area contributed by atoms with Crippen molar-refractivity contribution in [2.75, 3.05) is 6.61 Å². The zero-order chi connectivity index (χ0) is 19.9. The van der Waals surface area contributed by atoms with Crippen LogP contribution in [0.15, 0.2) is 42.6 Å². The zero-order valence-corrected chi connectivity index (χ0v) is 16.1. The Morgan fingerprint density at radius 1 is 1.15 bits per heavy atom. The molecule has 1 aromatic heterocycles. The smallest absolute Gasteiger partial charge is 0.416 e. The lowest BCUT2D eigenvalue weighted by Crippen LogP contribution is -2.54. The number of nitrogens with one attached hydrogen (secondary N) is 1. The fourth-order valence-corrected chi connectivity index (χ4v) is 3.89. The predicted molar refractivity (Wildman–Crippen MR) is 97.6 cm³/mol. The Morgan fingerprint density at radius 3 is 2.41 bits per heavy atom. The lowest BCUT2D eigenvalue weighted by Gasteiger charge is -2.40. The van der Waals surface area contributed by atoms with Crippen LogP contribution in [-0.2, 0) is 23.1 Å². The van der Waals surface area contributed by atoms with Crippen molar-refractivity contribution in [3.63, 3.8) is 0 Å². The third-order valence-corrected chi connectivity index (χ3v) is 6.08. The standard InChI is InChI=1S/C19H21F3N2O2S/c1-17(2,3)27(25)24-18(10-12-26-15-5-4-11-23-16(15)18)13-6-8-14(9-7-13)19(20,21)22/h4-9,11,24H,10,12H2,1-3H3/t18-,27+/m0/s1. The Morgan fingerprint density at radius 2 is 1.81 bits per heavy atom. The summed E-state index contributed by atoms with van der Waals surface area (Å²) in [4.78, 5) is 4.41. The van der Waals surface area contributed by atoms with Crippen LogP contribution in [0.3, 0.4) is 0 Å². The van der Waals surface area contributed by atoms with Gasteiger partial charge in [-0.2, -0.15) is 13.2 Å². The minimum Gasteiger partial charge on any atom is -0.598 e. The van der Waals surface area contributed by atoms with Gasteiger partial charge in [0.2, 0.25) is 0 Å². The maximum atomic E-state index is 13.0. The highest BCUT2D eigenvalue weighted by Gasteiger charge is 2.47. The third kappa shape index (κ3) is 3.93. The SMILES string of the molecule is CC(C)(C)[S@@+]([O-])N[C@]1(c2ccc(C(F)(F)F)cc2)CCOc2cccnc21. The molecule has 27 heavy (non-hydrogen) atoms. The number of ether oxygens (including phenoxy) is 1. The van der Waals surface area contributed by atoms with Crippen molar-refractivity contribution >= 4 is 11.4 Å². The molecule has 0 amide bonds. The van der Waals surface area contributed by atoms with Gasteiger partial charge in [-0.1, -0.05) is 12.1 Å². The van der Waals surface area contributed by atoms with Crippen LogP contribution < -0.4 is 9.46 Å². The molecule has 1 aliphatic rings. The van der Waals surface area contributed by atoms with Gasteiger partial charge in [-0.3, -0.25) is 4.98 Å². The van der Waals surface area contributed by atoms with E-state index < -0.39 is 33.4 Å². The summed E-state index contributed by atoms with van der Waals surface area (Å²) in [5.41, 5.74) is -0.645. The van der Waals surface area contributed by atoms with Gasteiger partial charge in [-0.05, 0) is 50.6 Å². The minimum absolute atomic E-state index is 0.327. The summed E-state index contributed by atoms with van der Waals surface area (Å²) >= 11 is -1.47. The second-order valence-electron chi connectivity index (χ2n) is 7.41. The van der Waals surface area contributed by atoms with E-state index in [0.29, 0.717) is 30.0 Å². The monoisotopic (exact) mass is 398 g/mol. The summed E-state index contributed by atoms with van der Waals surface area (Å²) in [6.45, 7) is 5.81. The fourth-order valence-electron chi connectivity index (χ4n) is 2.95. The van der Waals surface area contributed by atoms with E-state index in [4.69, 9.17) is 4.74 Å². The Hall–Kier alpha value is -1.77. The number of hydrogen-bond acceptors (Lipinski definition) is 4. The first-order valence-corrected chi connectivity index (χ1v) is 9.65. The summed E-state index contributed by atoms with van der Waals surface area (Å²) in [5.74, 6) is 0.530. The van der Waals surface area contributed by atoms with Crippen molar-refractivity contribution in [1.29, 1.82) is 0 Å². The molecule has 1 aromatic carbocycles. The average Bonchev–Trinajstić information content (AvgIpc) is 2.60. The number of pyridine rings is 1. The molecule has 0 saturated carbocycles. The van der Waals surface area contributed by atoms with Crippen LogP contribution in [0, 0.1) is 0 Å². The van der Waals surface area contributed by atoms with Crippen molar-refractivity contribution in [2.24, 2.45) is 0 Å². The van der Waals surface area contributed by atoms with Crippen LogP contribution in [0.5, 0.6) is 5.75 Å². The number of halogens is 3. The number of aromatic nitrogens is 1. The molecule has 1 N–H and O–H groups in total. The summed E-state index contributed by atoms with van der Waals surface area (Å²) in [5, 5.41) is 0. The van der Waals surface area contributed by atoms with Crippen LogP contribution in [-0.4, -0.2) is 20.9 Å². The second-order valence-corrected chi connectivity index (χ2v) is 9.38. The highest BCUT2D eigenvalue weighted by molar-refractivity contribution is 7.90. The molecule has 0 radical (unpaired) electrons. The normalized spacial score (nSPS) is 21.3. The van der Waals surface area contributed by atoms with E-state index in [1.54, 1.807) is 18.3 Å². The molecular weight excluding hydrogens is 377 g/mol. The highest BCUT2D eigenvalue weighted by Crippen LogP contribution is 2.42. The molecule has 0 unspecified atom stereocenters. The summed E-state index contributed by atoms with van der Waals surface area (Å²) in [7, 11) is 0. The van der Waals surface area contributed by atoms with E-state index in [9.17, 15) is 17.7 Å². The van der Waals surface area contributed by atoms with Gasteiger partial charge in [0.25, 0.3) is 0 Å². The molecule has 4 nitrogen and oxygen atoms in total. The van der Waals surface area contributed by atoms with E-state index in [-0.39, 0.29) is 0 Å². The van der Waals surface area contributed by atoms with Crippen LogP contribution in [0.25, 0.3) is 0 Å². The van der Waals surface area contributed by atoms with Crippen LogP contribution in [0.4, 0.5) is 13.2 Å². The first-order chi connectivity index (χ1) is 12.5. The van der Waals surface area contributed by atoms with Crippen molar-refractivity contribution in [3.05, 3.63) is 59.4 Å². The Kier molecular flexibility index (Phi) is 5.18. The molecule has 3 rings (SSSR count). The van der Waals surface area contributed by atoms with Gasteiger partial charge in [0.05, 0.1) is 12.2 Å². The predicted octanol–water partition coefficient (Wildman–Crippen LogP) is 4.18. The van der Waals surface area contributed by atoms with Gasteiger partial charge in [0.15, 0.2) is 0 Å². The van der Waals surface area contributed by atoms with E-state index in [0.717, 1.165) is 12.1 Å². The molecule has 2 aromatic rings.